The summed E-state index contributed by atoms with van der Waals surface area (Å²) in [4.78, 5) is 16.1. The zero-order valence-corrected chi connectivity index (χ0v) is 15.1. The van der Waals surface area contributed by atoms with Gasteiger partial charge in [-0.1, -0.05) is 18.2 Å². The van der Waals surface area contributed by atoms with Gasteiger partial charge in [0.05, 0.1) is 17.4 Å². The molecule has 0 spiro atoms. The number of carbonyl (C=O) groups excluding carboxylic acids is 1. The number of methoxy groups -OCH3 is 1. The number of benzene rings is 1. The Labute approximate surface area is 158 Å². The largest absolute Gasteiger partial charge is 0.418 e. The molecule has 0 radical (unpaired) electrons. The van der Waals surface area contributed by atoms with E-state index in [0.29, 0.717) is 28.9 Å². The summed E-state index contributed by atoms with van der Waals surface area (Å²) < 4.78 is 10.6. The molecule has 1 aromatic carbocycles. The summed E-state index contributed by atoms with van der Waals surface area (Å²) in [6.07, 6.45) is 5.01. The van der Waals surface area contributed by atoms with Gasteiger partial charge in [-0.2, -0.15) is 5.26 Å². The van der Waals surface area contributed by atoms with Crippen molar-refractivity contribution in [3.8, 4) is 11.8 Å². The van der Waals surface area contributed by atoms with Crippen molar-refractivity contribution in [3.63, 3.8) is 0 Å². The molecule has 1 aliphatic carbocycles. The maximum absolute atomic E-state index is 12.0. The fourth-order valence-corrected chi connectivity index (χ4v) is 3.12. The van der Waals surface area contributed by atoms with E-state index in [4.69, 9.17) is 9.47 Å². The number of aromatic nitrogens is 1. The normalized spacial score (nSPS) is 19.0. The number of anilines is 2. The van der Waals surface area contributed by atoms with Gasteiger partial charge in [-0.05, 0) is 37.8 Å². The third-order valence-corrected chi connectivity index (χ3v) is 4.58. The topological polar surface area (TPSA) is 96.3 Å². The van der Waals surface area contributed by atoms with Gasteiger partial charge in [0.25, 0.3) is 0 Å². The van der Waals surface area contributed by atoms with Crippen molar-refractivity contribution in [1.29, 1.82) is 5.26 Å². The Kier molecular flexibility index (Phi) is 6.23. The monoisotopic (exact) mass is 366 g/mol. The Morgan fingerprint density at radius 3 is 2.63 bits per heavy atom. The van der Waals surface area contributed by atoms with Crippen molar-refractivity contribution in [1.82, 2.24) is 4.98 Å². The molecule has 0 saturated heterocycles. The number of hydrogen-bond acceptors (Lipinski definition) is 6. The maximum Gasteiger partial charge on any atom is 0.418 e. The first-order valence-corrected chi connectivity index (χ1v) is 8.91. The van der Waals surface area contributed by atoms with E-state index in [1.807, 2.05) is 6.07 Å². The lowest BCUT2D eigenvalue weighted by molar-refractivity contribution is 0.0682. The molecule has 1 heterocycles. The molecule has 1 aromatic heterocycles. The highest BCUT2D eigenvalue weighted by Gasteiger charge is 2.21. The highest BCUT2D eigenvalue weighted by molar-refractivity contribution is 5.86. The van der Waals surface area contributed by atoms with E-state index in [2.05, 4.69) is 21.7 Å². The summed E-state index contributed by atoms with van der Waals surface area (Å²) in [5.41, 5.74) is 1.09. The number of amides is 1. The van der Waals surface area contributed by atoms with Crippen LogP contribution in [0, 0.1) is 11.3 Å². The van der Waals surface area contributed by atoms with E-state index in [1.165, 1.54) is 6.20 Å². The van der Waals surface area contributed by atoms with E-state index >= 15 is 0 Å². The van der Waals surface area contributed by atoms with Crippen LogP contribution in [-0.4, -0.2) is 30.3 Å². The van der Waals surface area contributed by atoms with Crippen LogP contribution in [0.4, 0.5) is 16.3 Å². The van der Waals surface area contributed by atoms with E-state index in [0.717, 1.165) is 25.7 Å². The molecular formula is C20H22N4O3. The first-order chi connectivity index (χ1) is 13.2. The average molecular weight is 366 g/mol. The smallest absolute Gasteiger partial charge is 0.410 e. The lowest BCUT2D eigenvalue weighted by Gasteiger charge is -2.29. The molecule has 140 valence electrons. The standard InChI is InChI=1S/C20H22N4O3/c1-26-16-9-7-15(8-10-16)23-18-11-19(22-13-14(18)12-21)24-20(25)27-17-5-3-2-4-6-17/h2-6,11,13,15-16H,7-10H2,1H3,(H2,22,23,24,25)/t15-,16+. The van der Waals surface area contributed by atoms with E-state index in [1.54, 1.807) is 37.4 Å². The van der Waals surface area contributed by atoms with Gasteiger partial charge in [0, 0.05) is 25.4 Å². The predicted molar refractivity (Wildman–Crippen MR) is 102 cm³/mol. The summed E-state index contributed by atoms with van der Waals surface area (Å²) in [7, 11) is 1.74. The minimum absolute atomic E-state index is 0.259. The number of hydrogen-bond donors (Lipinski definition) is 2. The molecule has 2 aromatic rings. The first kappa shape index (κ1) is 18.7. The molecule has 0 unspecified atom stereocenters. The molecule has 0 aliphatic heterocycles. The van der Waals surface area contributed by atoms with Crippen LogP contribution in [-0.2, 0) is 4.74 Å². The van der Waals surface area contributed by atoms with Gasteiger partial charge in [0.2, 0.25) is 0 Å². The van der Waals surface area contributed by atoms with Crippen LogP contribution in [0.1, 0.15) is 31.2 Å². The number of carbonyl (C=O) groups is 1. The summed E-state index contributed by atoms with van der Waals surface area (Å²) in [6, 6.07) is 12.8. The van der Waals surface area contributed by atoms with E-state index in [9.17, 15) is 10.1 Å². The number of nitrogens with one attached hydrogen (secondary N) is 2. The van der Waals surface area contributed by atoms with Crippen LogP contribution >= 0.6 is 0 Å². The molecule has 0 bridgehead atoms. The number of pyridine rings is 1. The minimum Gasteiger partial charge on any atom is -0.410 e. The Hall–Kier alpha value is -3.11. The number of nitriles is 1. The predicted octanol–water partition coefficient (Wildman–Crippen LogP) is 3.93. The van der Waals surface area contributed by atoms with Crippen LogP contribution in [0.2, 0.25) is 0 Å². The quantitative estimate of drug-likeness (QED) is 0.832. The third kappa shape index (κ3) is 5.19. The van der Waals surface area contributed by atoms with Crippen LogP contribution in [0.3, 0.4) is 0 Å². The zero-order valence-electron chi connectivity index (χ0n) is 15.1. The Morgan fingerprint density at radius 2 is 1.96 bits per heavy atom. The second kappa shape index (κ2) is 9.01. The van der Waals surface area contributed by atoms with Crippen molar-refractivity contribution in [2.75, 3.05) is 17.7 Å². The fourth-order valence-electron chi connectivity index (χ4n) is 3.12. The summed E-state index contributed by atoms with van der Waals surface area (Å²) in [6.45, 7) is 0. The minimum atomic E-state index is -0.634. The molecular weight excluding hydrogens is 344 g/mol. The van der Waals surface area contributed by atoms with Crippen LogP contribution < -0.4 is 15.4 Å². The Balaban J connectivity index is 1.64. The SMILES string of the molecule is CO[C@H]1CC[C@@H](Nc2cc(NC(=O)Oc3ccccc3)ncc2C#N)CC1. The zero-order chi connectivity index (χ0) is 19.1. The van der Waals surface area contributed by atoms with Crippen LogP contribution in [0.25, 0.3) is 0 Å². The van der Waals surface area contributed by atoms with Gasteiger partial charge in [0.1, 0.15) is 17.6 Å². The first-order valence-electron chi connectivity index (χ1n) is 8.91. The lowest BCUT2D eigenvalue weighted by atomic mass is 9.92. The third-order valence-electron chi connectivity index (χ3n) is 4.58. The number of nitrogens with zero attached hydrogens (tertiary/aromatic N) is 2. The molecule has 1 amide bonds. The molecule has 7 nitrogen and oxygen atoms in total. The lowest BCUT2D eigenvalue weighted by Crippen LogP contribution is -2.29. The van der Waals surface area contributed by atoms with Crippen molar-refractivity contribution in [2.45, 2.75) is 37.8 Å². The molecule has 1 aliphatic rings. The van der Waals surface area contributed by atoms with Crippen molar-refractivity contribution >= 4 is 17.6 Å². The van der Waals surface area contributed by atoms with Crippen molar-refractivity contribution in [2.24, 2.45) is 0 Å². The van der Waals surface area contributed by atoms with E-state index in [-0.39, 0.29) is 6.04 Å². The molecule has 27 heavy (non-hydrogen) atoms. The van der Waals surface area contributed by atoms with Gasteiger partial charge in [0.15, 0.2) is 0 Å². The highest BCUT2D eigenvalue weighted by Crippen LogP contribution is 2.26. The number of ether oxygens (including phenoxy) is 2. The molecule has 0 atom stereocenters. The Morgan fingerprint density at radius 1 is 1.22 bits per heavy atom. The van der Waals surface area contributed by atoms with Gasteiger partial charge >= 0.3 is 6.09 Å². The second-order valence-electron chi connectivity index (χ2n) is 6.41. The summed E-state index contributed by atoms with van der Waals surface area (Å²) in [5, 5.41) is 15.3. The maximum atomic E-state index is 12.0. The number of rotatable bonds is 5. The van der Waals surface area contributed by atoms with Crippen molar-refractivity contribution < 1.29 is 14.3 Å². The van der Waals surface area contributed by atoms with Gasteiger partial charge in [-0.15, -0.1) is 0 Å². The molecule has 2 N–H and O–H groups in total. The van der Waals surface area contributed by atoms with Crippen molar-refractivity contribution in [3.05, 3.63) is 48.2 Å². The Bertz CT molecular complexity index is 812. The molecule has 1 fully saturated rings. The van der Waals surface area contributed by atoms with Gasteiger partial charge < -0.3 is 14.8 Å². The molecule has 1 saturated carbocycles. The van der Waals surface area contributed by atoms with Gasteiger partial charge in [-0.3, -0.25) is 5.32 Å². The fraction of sp³-hybridized carbons (Fsp3) is 0.350. The van der Waals surface area contributed by atoms with Gasteiger partial charge in [-0.25, -0.2) is 9.78 Å². The van der Waals surface area contributed by atoms with E-state index < -0.39 is 6.09 Å². The molecule has 3 rings (SSSR count). The summed E-state index contributed by atoms with van der Waals surface area (Å²) in [5.74, 6) is 0.764. The van der Waals surface area contributed by atoms with Crippen LogP contribution in [0.15, 0.2) is 42.6 Å². The highest BCUT2D eigenvalue weighted by atomic mass is 16.6. The molecule has 7 heteroatoms. The number of para-hydroxylation sites is 1. The second-order valence-corrected chi connectivity index (χ2v) is 6.41. The summed E-state index contributed by atoms with van der Waals surface area (Å²) >= 11 is 0. The average Bonchev–Trinajstić information content (AvgIpc) is 2.69. The van der Waals surface area contributed by atoms with Crippen LogP contribution in [0.5, 0.6) is 5.75 Å².